The van der Waals surface area contributed by atoms with Gasteiger partial charge < -0.3 is 10.1 Å². The van der Waals surface area contributed by atoms with Crippen molar-refractivity contribution in [3.05, 3.63) is 48.0 Å². The summed E-state index contributed by atoms with van der Waals surface area (Å²) >= 11 is 5.11. The highest BCUT2D eigenvalue weighted by Crippen LogP contribution is 2.18. The largest absolute Gasteiger partial charge is 0.383 e. The van der Waals surface area contributed by atoms with E-state index in [9.17, 15) is 4.79 Å². The smallest absolute Gasteiger partial charge is 0.242 e. The SMILES string of the molecule is COC[C@H](C)NC(=S)NNC(=O)Cc1cccc2ccccc12. The van der Waals surface area contributed by atoms with Crippen molar-refractivity contribution >= 4 is 34.0 Å². The average Bonchev–Trinajstić information content (AvgIpc) is 2.53. The Morgan fingerprint density at radius 3 is 2.70 bits per heavy atom. The summed E-state index contributed by atoms with van der Waals surface area (Å²) in [5.74, 6) is -0.148. The van der Waals surface area contributed by atoms with Crippen LogP contribution in [0, 0.1) is 0 Å². The van der Waals surface area contributed by atoms with Crippen LogP contribution in [0.2, 0.25) is 0 Å². The molecular formula is C17H21N3O2S. The van der Waals surface area contributed by atoms with Gasteiger partial charge in [-0.1, -0.05) is 42.5 Å². The molecule has 0 aliphatic rings. The maximum Gasteiger partial charge on any atom is 0.242 e. The molecule has 3 N–H and O–H groups in total. The fourth-order valence-electron chi connectivity index (χ4n) is 2.34. The number of thiocarbonyl (C=S) groups is 1. The Morgan fingerprint density at radius 2 is 1.91 bits per heavy atom. The molecule has 5 nitrogen and oxygen atoms in total. The van der Waals surface area contributed by atoms with Crippen LogP contribution >= 0.6 is 12.2 Å². The van der Waals surface area contributed by atoms with Crippen LogP contribution in [0.25, 0.3) is 10.8 Å². The number of fused-ring (bicyclic) bond motifs is 1. The first-order valence-corrected chi connectivity index (χ1v) is 7.82. The molecule has 2 rings (SSSR count). The van der Waals surface area contributed by atoms with Crippen LogP contribution in [-0.2, 0) is 16.0 Å². The van der Waals surface area contributed by atoms with Gasteiger partial charge in [-0.3, -0.25) is 15.6 Å². The van der Waals surface area contributed by atoms with Crippen molar-refractivity contribution in [3.8, 4) is 0 Å². The fraction of sp³-hybridized carbons (Fsp3) is 0.294. The van der Waals surface area contributed by atoms with Gasteiger partial charge in [-0.25, -0.2) is 0 Å². The minimum Gasteiger partial charge on any atom is -0.383 e. The highest BCUT2D eigenvalue weighted by Gasteiger charge is 2.08. The summed E-state index contributed by atoms with van der Waals surface area (Å²) in [5, 5.41) is 5.58. The summed E-state index contributed by atoms with van der Waals surface area (Å²) in [6, 6.07) is 14.0. The van der Waals surface area contributed by atoms with Crippen molar-refractivity contribution in [2.75, 3.05) is 13.7 Å². The summed E-state index contributed by atoms with van der Waals surface area (Å²) in [6.07, 6.45) is 0.282. The average molecular weight is 331 g/mol. The Kier molecular flexibility index (Phi) is 6.31. The lowest BCUT2D eigenvalue weighted by atomic mass is 10.0. The normalized spacial score (nSPS) is 11.7. The Balaban J connectivity index is 1.88. The van der Waals surface area contributed by atoms with E-state index >= 15 is 0 Å². The summed E-state index contributed by atoms with van der Waals surface area (Å²) < 4.78 is 5.01. The summed E-state index contributed by atoms with van der Waals surface area (Å²) in [4.78, 5) is 12.1. The molecule has 0 unspecified atom stereocenters. The van der Waals surface area contributed by atoms with Gasteiger partial charge in [-0.15, -0.1) is 0 Å². The maximum absolute atomic E-state index is 12.1. The number of carbonyl (C=O) groups excluding carboxylic acids is 1. The number of benzene rings is 2. The molecule has 2 aromatic carbocycles. The van der Waals surface area contributed by atoms with Gasteiger partial charge >= 0.3 is 0 Å². The number of hydrogen-bond donors (Lipinski definition) is 3. The molecule has 2 aromatic rings. The molecule has 0 radical (unpaired) electrons. The van der Waals surface area contributed by atoms with Gasteiger partial charge in [0.25, 0.3) is 0 Å². The van der Waals surface area contributed by atoms with E-state index in [2.05, 4.69) is 16.2 Å². The second-order valence-electron chi connectivity index (χ2n) is 5.32. The van der Waals surface area contributed by atoms with Crippen LogP contribution in [-0.4, -0.2) is 30.8 Å². The minimum atomic E-state index is -0.148. The molecule has 23 heavy (non-hydrogen) atoms. The Bertz CT molecular complexity index is 685. The van der Waals surface area contributed by atoms with E-state index in [-0.39, 0.29) is 18.4 Å². The fourth-order valence-corrected chi connectivity index (χ4v) is 2.59. The Hall–Kier alpha value is -2.18. The minimum absolute atomic E-state index is 0.0648. The molecule has 0 aromatic heterocycles. The maximum atomic E-state index is 12.1. The van der Waals surface area contributed by atoms with Gasteiger partial charge in [0.15, 0.2) is 5.11 Å². The molecule has 0 fully saturated rings. The van der Waals surface area contributed by atoms with Gasteiger partial charge in [0, 0.05) is 13.2 Å². The lowest BCUT2D eigenvalue weighted by Crippen LogP contribution is -2.50. The number of carbonyl (C=O) groups is 1. The van der Waals surface area contributed by atoms with Gasteiger partial charge in [0.2, 0.25) is 5.91 Å². The van der Waals surface area contributed by atoms with Gasteiger partial charge in [-0.2, -0.15) is 0 Å². The van der Waals surface area contributed by atoms with Crippen LogP contribution in [0.1, 0.15) is 12.5 Å². The first kappa shape index (κ1) is 17.2. The topological polar surface area (TPSA) is 62.4 Å². The summed E-state index contributed by atoms with van der Waals surface area (Å²) in [7, 11) is 1.63. The molecule has 122 valence electrons. The zero-order valence-electron chi connectivity index (χ0n) is 13.3. The molecule has 0 bridgehead atoms. The predicted octanol–water partition coefficient (Wildman–Crippen LogP) is 1.91. The lowest BCUT2D eigenvalue weighted by Gasteiger charge is -2.16. The van der Waals surface area contributed by atoms with Crippen molar-refractivity contribution in [2.24, 2.45) is 0 Å². The first-order valence-electron chi connectivity index (χ1n) is 7.41. The van der Waals surface area contributed by atoms with Gasteiger partial charge in [-0.05, 0) is 35.5 Å². The zero-order chi connectivity index (χ0) is 16.7. The van der Waals surface area contributed by atoms with E-state index in [1.807, 2.05) is 49.4 Å². The predicted molar refractivity (Wildman–Crippen MR) is 96.0 cm³/mol. The Morgan fingerprint density at radius 1 is 1.17 bits per heavy atom. The van der Waals surface area contributed by atoms with Crippen molar-refractivity contribution in [1.29, 1.82) is 0 Å². The number of amides is 1. The molecule has 0 aliphatic carbocycles. The van der Waals surface area contributed by atoms with Crippen molar-refractivity contribution in [1.82, 2.24) is 16.2 Å². The summed E-state index contributed by atoms with van der Waals surface area (Å²) in [5.41, 5.74) is 6.30. The van der Waals surface area contributed by atoms with E-state index in [4.69, 9.17) is 17.0 Å². The van der Waals surface area contributed by atoms with E-state index in [0.717, 1.165) is 16.3 Å². The van der Waals surface area contributed by atoms with Crippen molar-refractivity contribution < 1.29 is 9.53 Å². The van der Waals surface area contributed by atoms with Crippen LogP contribution in [0.4, 0.5) is 0 Å². The molecule has 6 heteroatoms. The van der Waals surface area contributed by atoms with Crippen LogP contribution in [0.3, 0.4) is 0 Å². The third kappa shape index (κ3) is 5.19. The van der Waals surface area contributed by atoms with Gasteiger partial charge in [0.05, 0.1) is 13.0 Å². The Labute approximate surface area is 141 Å². The second kappa shape index (κ2) is 8.45. The highest BCUT2D eigenvalue weighted by molar-refractivity contribution is 7.80. The molecule has 0 aliphatic heterocycles. The molecule has 0 spiro atoms. The van der Waals surface area contributed by atoms with E-state index in [0.29, 0.717) is 11.7 Å². The van der Waals surface area contributed by atoms with E-state index in [1.165, 1.54) is 0 Å². The number of hydrogen-bond acceptors (Lipinski definition) is 3. The standard InChI is InChI=1S/C17H21N3O2S/c1-12(11-22-2)18-17(23)20-19-16(21)10-14-8-5-7-13-6-3-4-9-15(13)14/h3-9,12H,10-11H2,1-2H3,(H,19,21)(H2,18,20,23)/t12-/m0/s1. The second-order valence-corrected chi connectivity index (χ2v) is 5.73. The number of nitrogens with one attached hydrogen (secondary N) is 3. The van der Waals surface area contributed by atoms with Crippen LogP contribution in [0.15, 0.2) is 42.5 Å². The molecule has 0 saturated heterocycles. The number of ether oxygens (including phenoxy) is 1. The third-order valence-electron chi connectivity index (χ3n) is 3.34. The zero-order valence-corrected chi connectivity index (χ0v) is 14.1. The molecule has 1 atom stereocenters. The quantitative estimate of drug-likeness (QED) is 0.577. The van der Waals surface area contributed by atoms with E-state index in [1.54, 1.807) is 7.11 Å². The highest BCUT2D eigenvalue weighted by atomic mass is 32.1. The number of rotatable bonds is 5. The van der Waals surface area contributed by atoms with Crippen molar-refractivity contribution in [2.45, 2.75) is 19.4 Å². The molecule has 0 saturated carbocycles. The van der Waals surface area contributed by atoms with Crippen LogP contribution < -0.4 is 16.2 Å². The number of methoxy groups -OCH3 is 1. The molecular weight excluding hydrogens is 310 g/mol. The van der Waals surface area contributed by atoms with Crippen LogP contribution in [0.5, 0.6) is 0 Å². The number of hydrazine groups is 1. The first-order chi connectivity index (χ1) is 11.1. The molecule has 0 heterocycles. The van der Waals surface area contributed by atoms with E-state index < -0.39 is 0 Å². The summed E-state index contributed by atoms with van der Waals surface area (Å²) in [6.45, 7) is 2.47. The van der Waals surface area contributed by atoms with Crippen molar-refractivity contribution in [3.63, 3.8) is 0 Å². The monoisotopic (exact) mass is 331 g/mol. The molecule has 1 amide bonds. The lowest BCUT2D eigenvalue weighted by molar-refractivity contribution is -0.121. The van der Waals surface area contributed by atoms with Gasteiger partial charge in [0.1, 0.15) is 0 Å². The third-order valence-corrected chi connectivity index (χ3v) is 3.56.